The molecule has 5 rings (SSSR count). The van der Waals surface area contributed by atoms with Gasteiger partial charge in [-0.05, 0) is 38.2 Å². The Kier molecular flexibility index (Phi) is 5.83. The van der Waals surface area contributed by atoms with Crippen LogP contribution in [0.2, 0.25) is 0 Å². The molecule has 1 fully saturated rings. The Morgan fingerprint density at radius 2 is 2.00 bits per heavy atom. The van der Waals surface area contributed by atoms with Crippen molar-refractivity contribution >= 4 is 5.91 Å². The van der Waals surface area contributed by atoms with Gasteiger partial charge in [0.2, 0.25) is 0 Å². The van der Waals surface area contributed by atoms with Gasteiger partial charge in [-0.1, -0.05) is 42.6 Å². The fourth-order valence-corrected chi connectivity index (χ4v) is 5.30. The summed E-state index contributed by atoms with van der Waals surface area (Å²) in [5.74, 6) is 0.370. The van der Waals surface area contributed by atoms with Crippen LogP contribution in [0.15, 0.2) is 39.8 Å². The van der Waals surface area contributed by atoms with Crippen LogP contribution in [-0.2, 0) is 13.5 Å². The molecular weight excluding hydrogens is 420 g/mol. The van der Waals surface area contributed by atoms with Gasteiger partial charge < -0.3 is 14.6 Å². The van der Waals surface area contributed by atoms with E-state index in [2.05, 4.69) is 10.5 Å². The average Bonchev–Trinajstić information content (AvgIpc) is 3.45. The summed E-state index contributed by atoms with van der Waals surface area (Å²) in [7, 11) is 1.93. The fourth-order valence-electron chi connectivity index (χ4n) is 5.30. The van der Waals surface area contributed by atoms with Crippen LogP contribution < -0.4 is 15.6 Å². The number of nitrogens with one attached hydrogen (secondary N) is 1. The van der Waals surface area contributed by atoms with Gasteiger partial charge in [-0.15, -0.1) is 0 Å². The average molecular weight is 451 g/mol. The molecule has 1 aliphatic carbocycles. The van der Waals surface area contributed by atoms with E-state index in [-0.39, 0.29) is 17.3 Å². The maximum atomic E-state index is 13.9. The number of fused-ring (bicyclic) bond motifs is 1. The smallest absolute Gasteiger partial charge is 0.274 e. The van der Waals surface area contributed by atoms with Crippen molar-refractivity contribution in [3.05, 3.63) is 69.0 Å². The van der Waals surface area contributed by atoms with Crippen LogP contribution >= 0.6 is 0 Å². The van der Waals surface area contributed by atoms with Crippen LogP contribution in [0.5, 0.6) is 5.75 Å². The van der Waals surface area contributed by atoms with Gasteiger partial charge in [0.1, 0.15) is 12.0 Å². The van der Waals surface area contributed by atoms with Gasteiger partial charge in [-0.2, -0.15) is 0 Å². The van der Waals surface area contributed by atoms with Crippen molar-refractivity contribution < 1.29 is 14.1 Å². The van der Waals surface area contributed by atoms with Crippen molar-refractivity contribution in [2.75, 3.05) is 6.61 Å². The Bertz CT molecular complexity index is 1200. The number of carbonyl (C=O) groups excluding carboxylic acids is 1. The zero-order chi connectivity index (χ0) is 22.9. The lowest BCUT2D eigenvalue weighted by Crippen LogP contribution is -2.35. The maximum absolute atomic E-state index is 13.9. The zero-order valence-electron chi connectivity index (χ0n) is 19.2. The van der Waals surface area contributed by atoms with Crippen LogP contribution in [-0.4, -0.2) is 27.0 Å². The van der Waals surface area contributed by atoms with E-state index in [0.29, 0.717) is 12.2 Å². The summed E-state index contributed by atoms with van der Waals surface area (Å²) >= 11 is 0. The highest BCUT2D eigenvalue weighted by Crippen LogP contribution is 2.37. The van der Waals surface area contributed by atoms with E-state index in [1.807, 2.05) is 41.5 Å². The van der Waals surface area contributed by atoms with Gasteiger partial charge in [0, 0.05) is 24.4 Å². The second-order valence-corrected chi connectivity index (χ2v) is 9.04. The molecule has 0 radical (unpaired) electrons. The highest BCUT2D eigenvalue weighted by atomic mass is 16.5. The van der Waals surface area contributed by atoms with Crippen LogP contribution in [0.4, 0.5) is 0 Å². The molecule has 8 nitrogen and oxygen atoms in total. The van der Waals surface area contributed by atoms with Gasteiger partial charge in [-0.25, -0.2) is 4.68 Å². The zero-order valence-corrected chi connectivity index (χ0v) is 19.2. The molecule has 1 saturated carbocycles. The second kappa shape index (κ2) is 8.92. The van der Waals surface area contributed by atoms with Crippen molar-refractivity contribution in [1.82, 2.24) is 19.8 Å². The number of benzene rings is 1. The predicted molar refractivity (Wildman–Crippen MR) is 123 cm³/mol. The first-order chi connectivity index (χ1) is 16.1. The highest BCUT2D eigenvalue weighted by molar-refractivity contribution is 5.92. The lowest BCUT2D eigenvalue weighted by atomic mass is 9.93. The van der Waals surface area contributed by atoms with Gasteiger partial charge in [0.05, 0.1) is 24.3 Å². The Labute approximate surface area is 192 Å². The number of aromatic nitrogens is 3. The number of hydrogen-bond donors (Lipinski definition) is 1. The van der Waals surface area contributed by atoms with E-state index in [4.69, 9.17) is 9.26 Å². The summed E-state index contributed by atoms with van der Waals surface area (Å²) < 4.78 is 14.8. The van der Waals surface area contributed by atoms with Crippen LogP contribution in [0, 0.1) is 6.92 Å². The fraction of sp³-hybridized carbons (Fsp3) is 0.480. The highest BCUT2D eigenvalue weighted by Gasteiger charge is 2.32. The van der Waals surface area contributed by atoms with E-state index < -0.39 is 11.9 Å². The molecule has 1 atom stereocenters. The molecule has 174 valence electrons. The molecule has 3 aromatic rings. The largest absolute Gasteiger partial charge is 0.493 e. The number of para-hydroxylation sites is 1. The first-order valence-electron chi connectivity index (χ1n) is 11.8. The Hall–Kier alpha value is -3.29. The van der Waals surface area contributed by atoms with Crippen LogP contribution in [0.25, 0.3) is 0 Å². The topological polar surface area (TPSA) is 91.3 Å². The summed E-state index contributed by atoms with van der Waals surface area (Å²) in [6.45, 7) is 2.57. The molecule has 2 aromatic heterocycles. The molecule has 1 N–H and O–H groups in total. The minimum Gasteiger partial charge on any atom is -0.493 e. The minimum atomic E-state index is -0.661. The van der Waals surface area contributed by atoms with Crippen LogP contribution in [0.3, 0.4) is 0 Å². The quantitative estimate of drug-likeness (QED) is 0.638. The SMILES string of the molecule is Cc1c(C(NC(=O)c2ccon2)c2cccc3c2OCCC3)c(=O)n(C2CCCCC2)n1C. The molecule has 3 heterocycles. The Balaban J connectivity index is 1.64. The van der Waals surface area contributed by atoms with E-state index in [1.165, 1.54) is 18.8 Å². The third-order valence-corrected chi connectivity index (χ3v) is 7.07. The Morgan fingerprint density at radius 1 is 1.18 bits per heavy atom. The summed E-state index contributed by atoms with van der Waals surface area (Å²) in [6, 6.07) is 6.99. The number of ether oxygens (including phenoxy) is 1. The van der Waals surface area contributed by atoms with Gasteiger partial charge in [0.25, 0.3) is 11.5 Å². The molecule has 2 aliphatic rings. The third-order valence-electron chi connectivity index (χ3n) is 7.07. The monoisotopic (exact) mass is 450 g/mol. The summed E-state index contributed by atoms with van der Waals surface area (Å²) in [5, 5.41) is 6.84. The maximum Gasteiger partial charge on any atom is 0.274 e. The van der Waals surface area contributed by atoms with E-state index in [9.17, 15) is 9.59 Å². The first-order valence-corrected chi connectivity index (χ1v) is 11.8. The molecule has 0 saturated heterocycles. The van der Waals surface area contributed by atoms with Crippen molar-refractivity contribution in [2.45, 2.75) is 64.0 Å². The Morgan fingerprint density at radius 3 is 2.76 bits per heavy atom. The number of rotatable bonds is 5. The third kappa shape index (κ3) is 3.87. The molecule has 0 bridgehead atoms. The molecule has 1 aliphatic heterocycles. The van der Waals surface area contributed by atoms with Crippen molar-refractivity contribution in [2.24, 2.45) is 7.05 Å². The number of amides is 1. The number of hydrogen-bond acceptors (Lipinski definition) is 5. The number of aryl methyl sites for hydroxylation is 1. The molecule has 33 heavy (non-hydrogen) atoms. The lowest BCUT2D eigenvalue weighted by molar-refractivity contribution is 0.0933. The molecular formula is C25H30N4O4. The first kappa shape index (κ1) is 21.6. The predicted octanol–water partition coefficient (Wildman–Crippen LogP) is 3.83. The second-order valence-electron chi connectivity index (χ2n) is 9.04. The lowest BCUT2D eigenvalue weighted by Gasteiger charge is -2.25. The van der Waals surface area contributed by atoms with Crippen LogP contribution in [0.1, 0.15) is 83.5 Å². The summed E-state index contributed by atoms with van der Waals surface area (Å²) in [4.78, 5) is 26.9. The van der Waals surface area contributed by atoms with Gasteiger partial charge in [0.15, 0.2) is 5.69 Å². The van der Waals surface area contributed by atoms with Gasteiger partial charge >= 0.3 is 0 Å². The number of nitrogens with zero attached hydrogens (tertiary/aromatic N) is 3. The van der Waals surface area contributed by atoms with E-state index in [0.717, 1.165) is 61.1 Å². The summed E-state index contributed by atoms with van der Waals surface area (Å²) in [5.41, 5.74) is 3.42. The standard InChI is InChI=1S/C25H30N4O4/c1-16-21(25(31)29(28(16)2)18-10-4-3-5-11-18)22(26-24(30)20-13-15-33-27-20)19-12-6-8-17-9-7-14-32-23(17)19/h6,8,12-13,15,18,22H,3-5,7,9-11,14H2,1-2H3,(H,26,30). The van der Waals surface area contributed by atoms with Crippen molar-refractivity contribution in [3.8, 4) is 5.75 Å². The normalized spacial score (nSPS) is 17.3. The van der Waals surface area contributed by atoms with E-state index >= 15 is 0 Å². The molecule has 1 aromatic carbocycles. The molecule has 8 heteroatoms. The van der Waals surface area contributed by atoms with Crippen molar-refractivity contribution in [1.29, 1.82) is 0 Å². The van der Waals surface area contributed by atoms with E-state index in [1.54, 1.807) is 0 Å². The summed E-state index contributed by atoms with van der Waals surface area (Å²) in [6.07, 6.45) is 8.68. The number of carbonyl (C=O) groups is 1. The van der Waals surface area contributed by atoms with Gasteiger partial charge in [-0.3, -0.25) is 14.3 Å². The van der Waals surface area contributed by atoms with Crippen molar-refractivity contribution in [3.63, 3.8) is 0 Å². The molecule has 1 amide bonds. The molecule has 0 spiro atoms. The molecule has 1 unspecified atom stereocenters. The minimum absolute atomic E-state index is 0.0548.